The first-order valence-electron chi connectivity index (χ1n) is 11.3. The van der Waals surface area contributed by atoms with E-state index in [0.29, 0.717) is 13.2 Å². The second-order valence-electron chi connectivity index (χ2n) is 8.50. The number of nitrogens with one attached hydrogen (secondary N) is 1. The summed E-state index contributed by atoms with van der Waals surface area (Å²) in [6.07, 6.45) is 1.99. The molecule has 6 nitrogen and oxygen atoms in total. The van der Waals surface area contributed by atoms with Crippen LogP contribution in [0.15, 0.2) is 60.7 Å². The van der Waals surface area contributed by atoms with Crippen molar-refractivity contribution in [3.63, 3.8) is 0 Å². The van der Waals surface area contributed by atoms with Gasteiger partial charge in [0.2, 0.25) is 0 Å². The standard InChI is InChI=1S/C27H31N3O3/c1-19-15-24(29-23-10-12-25(33-3)13-11-23)16-26(28-19)22-5-4-14-30(17-22)27(31)21-8-6-20(7-9-21)18-32-2/h6-13,15-16,22H,4-5,14,17-18H2,1-3H3,(H,28,29)/t22-/m1/s1. The zero-order valence-electron chi connectivity index (χ0n) is 19.5. The van der Waals surface area contributed by atoms with Crippen LogP contribution in [0.1, 0.15) is 46.1 Å². The molecule has 0 saturated carbocycles. The molecule has 0 spiro atoms. The highest BCUT2D eigenvalue weighted by Crippen LogP contribution is 2.30. The maximum absolute atomic E-state index is 13.1. The van der Waals surface area contributed by atoms with E-state index in [4.69, 9.17) is 14.5 Å². The quantitative estimate of drug-likeness (QED) is 0.534. The van der Waals surface area contributed by atoms with Crippen molar-refractivity contribution in [1.82, 2.24) is 9.88 Å². The van der Waals surface area contributed by atoms with Gasteiger partial charge in [-0.15, -0.1) is 0 Å². The second kappa shape index (κ2) is 10.5. The van der Waals surface area contributed by atoms with Crippen LogP contribution in [-0.4, -0.2) is 43.1 Å². The van der Waals surface area contributed by atoms with Gasteiger partial charge in [-0.2, -0.15) is 0 Å². The van der Waals surface area contributed by atoms with Gasteiger partial charge >= 0.3 is 0 Å². The van der Waals surface area contributed by atoms with Gasteiger partial charge in [0.15, 0.2) is 0 Å². The largest absolute Gasteiger partial charge is 0.497 e. The number of pyridine rings is 1. The number of ether oxygens (including phenoxy) is 2. The summed E-state index contributed by atoms with van der Waals surface area (Å²) in [5.74, 6) is 1.12. The zero-order chi connectivity index (χ0) is 23.2. The van der Waals surface area contributed by atoms with Crippen molar-refractivity contribution in [2.45, 2.75) is 32.3 Å². The molecule has 1 atom stereocenters. The number of likely N-dealkylation sites (tertiary alicyclic amines) is 1. The van der Waals surface area contributed by atoms with Gasteiger partial charge in [-0.25, -0.2) is 0 Å². The van der Waals surface area contributed by atoms with Crippen molar-refractivity contribution in [3.8, 4) is 5.75 Å². The molecule has 0 aliphatic carbocycles. The highest BCUT2D eigenvalue weighted by Gasteiger charge is 2.26. The van der Waals surface area contributed by atoms with Crippen LogP contribution in [0, 0.1) is 6.92 Å². The Morgan fingerprint density at radius 2 is 1.82 bits per heavy atom. The Kier molecular flexibility index (Phi) is 7.25. The van der Waals surface area contributed by atoms with Crippen LogP contribution in [0.4, 0.5) is 11.4 Å². The van der Waals surface area contributed by atoms with Gasteiger partial charge in [0.05, 0.1) is 13.7 Å². The van der Waals surface area contributed by atoms with E-state index in [-0.39, 0.29) is 11.8 Å². The van der Waals surface area contributed by atoms with Gasteiger partial charge in [0.1, 0.15) is 5.75 Å². The number of rotatable bonds is 7. The Balaban J connectivity index is 1.47. The summed E-state index contributed by atoms with van der Waals surface area (Å²) in [6, 6.07) is 19.7. The van der Waals surface area contributed by atoms with Crippen molar-refractivity contribution < 1.29 is 14.3 Å². The van der Waals surface area contributed by atoms with Crippen LogP contribution < -0.4 is 10.1 Å². The molecule has 1 N–H and O–H groups in total. The van der Waals surface area contributed by atoms with E-state index >= 15 is 0 Å². The number of aryl methyl sites for hydroxylation is 1. The van der Waals surface area contributed by atoms with Crippen LogP contribution >= 0.6 is 0 Å². The lowest BCUT2D eigenvalue weighted by molar-refractivity contribution is 0.0706. The number of carbonyl (C=O) groups is 1. The lowest BCUT2D eigenvalue weighted by Gasteiger charge is -2.33. The number of methoxy groups -OCH3 is 2. The molecule has 1 amide bonds. The number of benzene rings is 2. The van der Waals surface area contributed by atoms with E-state index in [0.717, 1.165) is 59.0 Å². The molecule has 1 saturated heterocycles. The number of nitrogens with zero attached hydrogens (tertiary/aromatic N) is 2. The van der Waals surface area contributed by atoms with Gasteiger partial charge in [-0.05, 0) is 73.9 Å². The summed E-state index contributed by atoms with van der Waals surface area (Å²) in [5.41, 5.74) is 5.75. The van der Waals surface area contributed by atoms with Gasteiger partial charge in [0.25, 0.3) is 5.91 Å². The highest BCUT2D eigenvalue weighted by atomic mass is 16.5. The molecule has 2 heterocycles. The summed E-state index contributed by atoms with van der Waals surface area (Å²) in [7, 11) is 3.33. The predicted octanol–water partition coefficient (Wildman–Crippen LogP) is 5.31. The van der Waals surface area contributed by atoms with Gasteiger partial charge in [-0.3, -0.25) is 9.78 Å². The first-order valence-corrected chi connectivity index (χ1v) is 11.3. The van der Waals surface area contributed by atoms with Crippen molar-refractivity contribution in [2.75, 3.05) is 32.6 Å². The van der Waals surface area contributed by atoms with Crippen LogP contribution in [0.25, 0.3) is 0 Å². The number of amides is 1. The maximum atomic E-state index is 13.1. The molecule has 6 heteroatoms. The minimum absolute atomic E-state index is 0.0768. The smallest absolute Gasteiger partial charge is 0.253 e. The first-order chi connectivity index (χ1) is 16.1. The molecule has 1 aliphatic heterocycles. The maximum Gasteiger partial charge on any atom is 0.253 e. The van der Waals surface area contributed by atoms with Gasteiger partial charge in [-0.1, -0.05) is 12.1 Å². The molecule has 0 radical (unpaired) electrons. The average molecular weight is 446 g/mol. The third-order valence-electron chi connectivity index (χ3n) is 5.99. The van der Waals surface area contributed by atoms with Crippen molar-refractivity contribution in [1.29, 1.82) is 0 Å². The predicted molar refractivity (Wildman–Crippen MR) is 130 cm³/mol. The normalized spacial score (nSPS) is 15.8. The Bertz CT molecular complexity index is 1080. The SMILES string of the molecule is COCc1ccc(C(=O)N2CCC[C@@H](c3cc(Nc4ccc(OC)cc4)cc(C)n3)C2)cc1. The summed E-state index contributed by atoms with van der Waals surface area (Å²) in [5, 5.41) is 3.46. The molecule has 3 aromatic rings. The average Bonchev–Trinajstić information content (AvgIpc) is 2.84. The van der Waals surface area contributed by atoms with Crippen LogP contribution in [0.5, 0.6) is 5.75 Å². The number of hydrogen-bond donors (Lipinski definition) is 1. The summed E-state index contributed by atoms with van der Waals surface area (Å²) >= 11 is 0. The van der Waals surface area contributed by atoms with Crippen LogP contribution in [-0.2, 0) is 11.3 Å². The topological polar surface area (TPSA) is 63.7 Å². The third-order valence-corrected chi connectivity index (χ3v) is 5.99. The fraction of sp³-hybridized carbons (Fsp3) is 0.333. The minimum atomic E-state index is 0.0768. The Morgan fingerprint density at radius 3 is 2.52 bits per heavy atom. The lowest BCUT2D eigenvalue weighted by atomic mass is 9.93. The molecule has 1 fully saturated rings. The minimum Gasteiger partial charge on any atom is -0.497 e. The molecule has 4 rings (SSSR count). The third kappa shape index (κ3) is 5.71. The van der Waals surface area contributed by atoms with Crippen LogP contribution in [0.3, 0.4) is 0 Å². The first kappa shape index (κ1) is 22.8. The Morgan fingerprint density at radius 1 is 1.06 bits per heavy atom. The monoisotopic (exact) mass is 445 g/mol. The summed E-state index contributed by atoms with van der Waals surface area (Å²) in [4.78, 5) is 19.9. The van der Waals surface area contributed by atoms with E-state index in [1.165, 1.54) is 0 Å². The van der Waals surface area contributed by atoms with Crippen molar-refractivity contribution in [2.24, 2.45) is 0 Å². The summed E-state index contributed by atoms with van der Waals surface area (Å²) in [6.45, 7) is 4.01. The Labute approximate surface area is 195 Å². The van der Waals surface area contributed by atoms with Crippen LogP contribution in [0.2, 0.25) is 0 Å². The van der Waals surface area contributed by atoms with E-state index in [2.05, 4.69) is 11.4 Å². The molecular formula is C27H31N3O3. The van der Waals surface area contributed by atoms with Gasteiger partial charge in [0, 0.05) is 54.4 Å². The molecule has 172 valence electrons. The van der Waals surface area contributed by atoms with E-state index < -0.39 is 0 Å². The van der Waals surface area contributed by atoms with E-state index in [1.807, 2.05) is 66.4 Å². The molecule has 0 bridgehead atoms. The number of hydrogen-bond acceptors (Lipinski definition) is 5. The Hall–Kier alpha value is -3.38. The van der Waals surface area contributed by atoms with Gasteiger partial charge < -0.3 is 19.7 Å². The van der Waals surface area contributed by atoms with Crippen molar-refractivity contribution in [3.05, 3.63) is 83.2 Å². The molecule has 1 aromatic heterocycles. The van der Waals surface area contributed by atoms with E-state index in [9.17, 15) is 4.79 Å². The second-order valence-corrected chi connectivity index (χ2v) is 8.50. The number of aromatic nitrogens is 1. The fourth-order valence-electron chi connectivity index (χ4n) is 4.31. The molecule has 0 unspecified atom stereocenters. The number of carbonyl (C=O) groups excluding carboxylic acids is 1. The molecule has 1 aliphatic rings. The number of anilines is 2. The fourth-order valence-corrected chi connectivity index (χ4v) is 4.31. The molecule has 2 aromatic carbocycles. The van der Waals surface area contributed by atoms with E-state index in [1.54, 1.807) is 14.2 Å². The molecular weight excluding hydrogens is 414 g/mol. The number of piperidine rings is 1. The molecule has 33 heavy (non-hydrogen) atoms. The highest BCUT2D eigenvalue weighted by molar-refractivity contribution is 5.94. The van der Waals surface area contributed by atoms with Crippen molar-refractivity contribution >= 4 is 17.3 Å². The zero-order valence-corrected chi connectivity index (χ0v) is 19.5. The lowest BCUT2D eigenvalue weighted by Crippen LogP contribution is -2.39. The summed E-state index contributed by atoms with van der Waals surface area (Å²) < 4.78 is 10.4.